The molecule has 12 aromatic rings. The van der Waals surface area contributed by atoms with Crippen molar-refractivity contribution < 1.29 is 4.42 Å². The molecule has 1 spiro atoms. The van der Waals surface area contributed by atoms with Gasteiger partial charge in [-0.25, -0.2) is 0 Å². The Morgan fingerprint density at radius 3 is 1.85 bits per heavy atom. The molecule has 72 heavy (non-hydrogen) atoms. The summed E-state index contributed by atoms with van der Waals surface area (Å²) < 4.78 is 6.70. The van der Waals surface area contributed by atoms with E-state index in [0.717, 1.165) is 68.4 Å². The molecule has 0 aliphatic heterocycles. The zero-order chi connectivity index (χ0) is 47.7. The molecule has 3 aliphatic carbocycles. The lowest BCUT2D eigenvalue weighted by atomic mass is 9.73. The predicted molar refractivity (Wildman–Crippen MR) is 300 cm³/mol. The smallest absolute Gasteiger partial charge is 0.143 e. The fourth-order valence-electron chi connectivity index (χ4n) is 13.6. The van der Waals surface area contributed by atoms with Crippen LogP contribution in [0.25, 0.3) is 88.3 Å². The van der Waals surface area contributed by atoms with Crippen LogP contribution in [0.3, 0.4) is 0 Å². The van der Waals surface area contributed by atoms with Gasteiger partial charge in [0, 0.05) is 44.1 Å². The van der Waals surface area contributed by atoms with Crippen molar-refractivity contribution in [1.82, 2.24) is 0 Å². The lowest BCUT2D eigenvalue weighted by Gasteiger charge is -2.31. The van der Waals surface area contributed by atoms with Crippen LogP contribution in [0, 0.1) is 0 Å². The van der Waals surface area contributed by atoms with Crippen LogP contribution in [-0.2, 0) is 17.3 Å². The molecule has 0 bridgehead atoms. The van der Waals surface area contributed by atoms with Gasteiger partial charge < -0.3 is 9.32 Å². The van der Waals surface area contributed by atoms with Crippen LogP contribution in [0.5, 0.6) is 0 Å². The van der Waals surface area contributed by atoms with E-state index >= 15 is 0 Å². The van der Waals surface area contributed by atoms with E-state index in [-0.39, 0.29) is 10.8 Å². The maximum Gasteiger partial charge on any atom is 0.143 e. The fourth-order valence-corrected chi connectivity index (χ4v) is 13.6. The molecule has 340 valence electrons. The molecule has 0 amide bonds. The van der Waals surface area contributed by atoms with E-state index in [1.165, 1.54) is 83.3 Å². The summed E-state index contributed by atoms with van der Waals surface area (Å²) in [5.41, 5.74) is 25.9. The lowest BCUT2D eigenvalue weighted by Crippen LogP contribution is -2.24. The fraction of sp³-hybridized carbons (Fsp3) is 0.0857. The van der Waals surface area contributed by atoms with Crippen molar-refractivity contribution in [3.05, 3.63) is 270 Å². The Labute approximate surface area is 420 Å². The van der Waals surface area contributed by atoms with E-state index in [4.69, 9.17) is 4.42 Å². The molecule has 15 rings (SSSR count). The monoisotopic (exact) mass is 919 g/mol. The number of aryl methyl sites for hydroxylation is 1. The first-order valence-corrected chi connectivity index (χ1v) is 25.5. The molecule has 2 nitrogen and oxygen atoms in total. The normalized spacial score (nSPS) is 15.7. The highest BCUT2D eigenvalue weighted by Gasteiger charge is 2.48. The zero-order valence-electron chi connectivity index (χ0n) is 40.3. The van der Waals surface area contributed by atoms with Crippen molar-refractivity contribution in [2.45, 2.75) is 37.5 Å². The van der Waals surface area contributed by atoms with Gasteiger partial charge in [0.15, 0.2) is 0 Å². The van der Waals surface area contributed by atoms with Crippen molar-refractivity contribution in [3.63, 3.8) is 0 Å². The van der Waals surface area contributed by atoms with E-state index in [1.54, 1.807) is 0 Å². The summed E-state index contributed by atoms with van der Waals surface area (Å²) in [5, 5.41) is 4.58. The molecule has 0 N–H and O–H groups in total. The van der Waals surface area contributed by atoms with Gasteiger partial charge in [0.05, 0.1) is 0 Å². The Hall–Kier alpha value is -8.72. The lowest BCUT2D eigenvalue weighted by molar-refractivity contribution is 0.626. The number of benzene rings is 11. The molecule has 0 fully saturated rings. The largest absolute Gasteiger partial charge is 0.455 e. The van der Waals surface area contributed by atoms with Crippen molar-refractivity contribution in [3.8, 4) is 55.6 Å². The van der Waals surface area contributed by atoms with E-state index < -0.39 is 0 Å². The first-order chi connectivity index (χ1) is 35.5. The van der Waals surface area contributed by atoms with Gasteiger partial charge in [0.2, 0.25) is 0 Å². The second kappa shape index (κ2) is 15.4. The number of nitrogens with zero attached hydrogens (tertiary/aromatic N) is 1. The number of fused-ring (bicyclic) bond motifs is 15. The third-order valence-electron chi connectivity index (χ3n) is 16.7. The molecule has 3 aliphatic rings. The van der Waals surface area contributed by atoms with Crippen LogP contribution in [-0.4, -0.2) is 0 Å². The van der Waals surface area contributed by atoms with E-state index in [1.807, 2.05) is 0 Å². The molecule has 2 heteroatoms. The Bertz CT molecular complexity index is 4210. The number of hydrogen-bond acceptors (Lipinski definition) is 2. The van der Waals surface area contributed by atoms with E-state index in [2.05, 4.69) is 255 Å². The third kappa shape index (κ3) is 5.78. The second-order valence-electron chi connectivity index (χ2n) is 20.7. The van der Waals surface area contributed by atoms with E-state index in [9.17, 15) is 0 Å². The standard InChI is InChI=1S/C70H49NO/c1-69(2)62-29-11-8-24-56(62)59-27-14-26-58(67(59)69)54-22-7-6-20-51(54)45-32-35-48(36-33-45)71(50-37-39-57-55-23-9-12-30-63(55)70(64(57)43-50)41-40-46-17-4-10-28-61(46)70)49-19-13-18-47(42-49)52-25-15-31-65-66(52)60-38-34-44-16-3-5-21-53(44)68(60)72-65/h3-39,42-43H,40-41H2,1-2H3. The van der Waals surface area contributed by atoms with Crippen molar-refractivity contribution in [2.75, 3.05) is 4.90 Å². The van der Waals surface area contributed by atoms with Gasteiger partial charge in [-0.3, -0.25) is 0 Å². The van der Waals surface area contributed by atoms with Gasteiger partial charge in [0.1, 0.15) is 11.2 Å². The topological polar surface area (TPSA) is 16.4 Å². The van der Waals surface area contributed by atoms with Crippen LogP contribution in [0.1, 0.15) is 53.6 Å². The average molecular weight is 920 g/mol. The SMILES string of the molecule is CC1(C)c2ccccc2-c2cccc(-c3ccccc3-c3ccc(N(c4cccc(-c5cccc6oc7c8ccccc8ccc7c56)c4)c4ccc5c(c4)C4(CCc6ccccc64)c4ccccc4-5)cc3)c21. The minimum atomic E-state index is -0.213. The molecule has 1 unspecified atom stereocenters. The van der Waals surface area contributed by atoms with Crippen LogP contribution >= 0.6 is 0 Å². The van der Waals surface area contributed by atoms with Gasteiger partial charge in [-0.05, 0) is 156 Å². The third-order valence-corrected chi connectivity index (χ3v) is 16.7. The summed E-state index contributed by atoms with van der Waals surface area (Å²) in [5.74, 6) is 0. The quantitative estimate of drug-likeness (QED) is 0.165. The van der Waals surface area contributed by atoms with Gasteiger partial charge >= 0.3 is 0 Å². The second-order valence-corrected chi connectivity index (χ2v) is 20.7. The van der Waals surface area contributed by atoms with Crippen LogP contribution in [0.15, 0.2) is 241 Å². The highest BCUT2D eigenvalue weighted by molar-refractivity contribution is 6.19. The minimum absolute atomic E-state index is 0.129. The molecular formula is C70H49NO. The number of hydrogen-bond donors (Lipinski definition) is 0. The number of rotatable bonds is 6. The molecule has 11 aromatic carbocycles. The summed E-state index contributed by atoms with van der Waals surface area (Å²) in [7, 11) is 0. The maximum absolute atomic E-state index is 6.70. The molecular weight excluding hydrogens is 871 g/mol. The van der Waals surface area contributed by atoms with Crippen LogP contribution in [0.4, 0.5) is 17.1 Å². The maximum atomic E-state index is 6.70. The summed E-state index contributed by atoms with van der Waals surface area (Å²) in [4.78, 5) is 2.47. The molecule has 1 aromatic heterocycles. The van der Waals surface area contributed by atoms with Crippen molar-refractivity contribution in [2.24, 2.45) is 0 Å². The van der Waals surface area contributed by atoms with Crippen LogP contribution in [0.2, 0.25) is 0 Å². The first-order valence-electron chi connectivity index (χ1n) is 25.5. The number of anilines is 3. The van der Waals surface area contributed by atoms with Gasteiger partial charge in [-0.15, -0.1) is 0 Å². The average Bonchev–Trinajstić information content (AvgIpc) is 4.17. The Balaban J connectivity index is 0.900. The Morgan fingerprint density at radius 2 is 1.00 bits per heavy atom. The summed E-state index contributed by atoms with van der Waals surface area (Å²) in [6, 6.07) is 88.1. The molecule has 0 saturated heterocycles. The Morgan fingerprint density at radius 1 is 0.389 bits per heavy atom. The summed E-state index contributed by atoms with van der Waals surface area (Å²) in [6.45, 7) is 4.76. The first kappa shape index (κ1) is 41.1. The molecule has 0 radical (unpaired) electrons. The molecule has 0 saturated carbocycles. The summed E-state index contributed by atoms with van der Waals surface area (Å²) >= 11 is 0. The van der Waals surface area contributed by atoms with E-state index in [0.29, 0.717) is 0 Å². The zero-order valence-corrected chi connectivity index (χ0v) is 40.3. The van der Waals surface area contributed by atoms with Gasteiger partial charge in [-0.1, -0.05) is 202 Å². The Kier molecular flexibility index (Phi) is 8.78. The summed E-state index contributed by atoms with van der Waals surface area (Å²) in [6.07, 6.45) is 2.11. The molecule has 1 heterocycles. The molecule has 1 atom stereocenters. The predicted octanol–water partition coefficient (Wildman–Crippen LogP) is 18.8. The van der Waals surface area contributed by atoms with Gasteiger partial charge in [0.25, 0.3) is 0 Å². The highest BCUT2D eigenvalue weighted by atomic mass is 16.3. The van der Waals surface area contributed by atoms with Crippen LogP contribution < -0.4 is 4.90 Å². The van der Waals surface area contributed by atoms with Gasteiger partial charge in [-0.2, -0.15) is 0 Å². The van der Waals surface area contributed by atoms with Crippen molar-refractivity contribution in [1.29, 1.82) is 0 Å². The van der Waals surface area contributed by atoms with Crippen molar-refractivity contribution >= 4 is 49.8 Å². The number of furan rings is 1. The highest BCUT2D eigenvalue weighted by Crippen LogP contribution is 2.60. The minimum Gasteiger partial charge on any atom is -0.455 e.